The van der Waals surface area contributed by atoms with Gasteiger partial charge in [0, 0.05) is 0 Å². The van der Waals surface area contributed by atoms with E-state index in [1.807, 2.05) is 6.08 Å². The Morgan fingerprint density at radius 1 is 1.18 bits per heavy atom. The number of carbonyl (C=O) groups is 1. The van der Waals surface area contributed by atoms with E-state index in [1.54, 1.807) is 6.08 Å². The highest BCUT2D eigenvalue weighted by Gasteiger charge is 2.10. The van der Waals surface area contributed by atoms with Crippen LogP contribution in [0.5, 0.6) is 0 Å². The first-order valence-electron chi connectivity index (χ1n) is 4.54. The van der Waals surface area contributed by atoms with Gasteiger partial charge in [-0.25, -0.2) is 0 Å². The van der Waals surface area contributed by atoms with E-state index in [0.717, 1.165) is 18.6 Å². The minimum Gasteiger partial charge on any atom is -0.299 e. The topological polar surface area (TPSA) is 17.1 Å². The third kappa shape index (κ3) is 3.35. The molecule has 0 saturated heterocycles. The van der Waals surface area contributed by atoms with E-state index in [1.165, 1.54) is 32.1 Å². The Labute approximate surface area is 68.5 Å². The average Bonchev–Trinajstić information content (AvgIpc) is 2.07. The molecule has 0 heterocycles. The number of rotatable bonds is 3. The van der Waals surface area contributed by atoms with Gasteiger partial charge in [0.2, 0.25) is 0 Å². The zero-order valence-corrected chi connectivity index (χ0v) is 6.96. The van der Waals surface area contributed by atoms with Gasteiger partial charge in [0.05, 0.1) is 0 Å². The maximum absolute atomic E-state index is 9.96. The van der Waals surface area contributed by atoms with Crippen LogP contribution in [0.1, 0.15) is 38.5 Å². The Morgan fingerprint density at radius 2 is 1.91 bits per heavy atom. The van der Waals surface area contributed by atoms with Gasteiger partial charge in [-0.3, -0.25) is 4.79 Å². The Bertz CT molecular complexity index is 132. The molecule has 0 spiro atoms. The smallest absolute Gasteiger partial charge is 0.142 e. The second-order valence-electron chi connectivity index (χ2n) is 3.30. The van der Waals surface area contributed by atoms with E-state index in [0.29, 0.717) is 0 Å². The second-order valence-corrected chi connectivity index (χ2v) is 3.30. The van der Waals surface area contributed by atoms with E-state index in [4.69, 9.17) is 0 Å². The molecule has 1 nitrogen and oxygen atoms in total. The molecule has 0 unspecified atom stereocenters. The van der Waals surface area contributed by atoms with Gasteiger partial charge in [0.25, 0.3) is 0 Å². The van der Waals surface area contributed by atoms with Crippen LogP contribution in [0.2, 0.25) is 0 Å². The summed E-state index contributed by atoms with van der Waals surface area (Å²) in [6, 6.07) is 0. The quantitative estimate of drug-likeness (QED) is 0.449. The summed E-state index contributed by atoms with van der Waals surface area (Å²) < 4.78 is 0. The summed E-state index contributed by atoms with van der Waals surface area (Å²) >= 11 is 0. The van der Waals surface area contributed by atoms with Crippen LogP contribution >= 0.6 is 0 Å². The summed E-state index contributed by atoms with van der Waals surface area (Å²) in [4.78, 5) is 9.96. The number of hydrogen-bond acceptors (Lipinski definition) is 1. The van der Waals surface area contributed by atoms with Crippen molar-refractivity contribution in [3.8, 4) is 0 Å². The van der Waals surface area contributed by atoms with Crippen LogP contribution in [0.15, 0.2) is 12.2 Å². The van der Waals surface area contributed by atoms with Crippen molar-refractivity contribution in [1.29, 1.82) is 0 Å². The molecule has 11 heavy (non-hydrogen) atoms. The first-order chi connectivity index (χ1) is 5.43. The predicted molar refractivity (Wildman–Crippen MR) is 46.4 cm³/mol. The van der Waals surface area contributed by atoms with Gasteiger partial charge in [0.15, 0.2) is 0 Å². The first-order valence-corrected chi connectivity index (χ1v) is 4.54. The van der Waals surface area contributed by atoms with E-state index in [-0.39, 0.29) is 0 Å². The molecule has 0 atom stereocenters. The van der Waals surface area contributed by atoms with Crippen LogP contribution in [0, 0.1) is 5.92 Å². The molecule has 0 aliphatic heterocycles. The molecule has 62 valence electrons. The molecule has 1 aliphatic carbocycles. The molecule has 0 aromatic heterocycles. The number of hydrogen-bond donors (Lipinski definition) is 0. The number of aldehydes is 1. The molecule has 0 aromatic carbocycles. The standard InChI is InChI=1S/C10H16O/c11-9-5-4-8-10-6-2-1-3-7-10/h4-5,9-10H,1-3,6-8H2. The third-order valence-corrected chi connectivity index (χ3v) is 2.41. The molecular formula is C10H16O. The first kappa shape index (κ1) is 8.51. The van der Waals surface area contributed by atoms with E-state index in [9.17, 15) is 4.79 Å². The summed E-state index contributed by atoms with van der Waals surface area (Å²) in [5.74, 6) is 0.861. The van der Waals surface area contributed by atoms with Crippen molar-refractivity contribution < 1.29 is 4.79 Å². The second kappa shape index (κ2) is 5.11. The lowest BCUT2D eigenvalue weighted by Gasteiger charge is -2.19. The van der Waals surface area contributed by atoms with E-state index >= 15 is 0 Å². The van der Waals surface area contributed by atoms with Crippen LogP contribution in [0.3, 0.4) is 0 Å². The Hall–Kier alpha value is -0.590. The van der Waals surface area contributed by atoms with Gasteiger partial charge >= 0.3 is 0 Å². The molecule has 1 heteroatoms. The lowest BCUT2D eigenvalue weighted by molar-refractivity contribution is -0.104. The van der Waals surface area contributed by atoms with Crippen LogP contribution in [-0.4, -0.2) is 6.29 Å². The van der Waals surface area contributed by atoms with Crippen LogP contribution in [-0.2, 0) is 4.79 Å². The number of allylic oxidation sites excluding steroid dienone is 2. The van der Waals surface area contributed by atoms with Crippen molar-refractivity contribution in [3.05, 3.63) is 12.2 Å². The summed E-state index contributed by atoms with van der Waals surface area (Å²) in [5.41, 5.74) is 0. The molecule has 0 bridgehead atoms. The van der Waals surface area contributed by atoms with Gasteiger partial charge in [-0.1, -0.05) is 38.2 Å². The Morgan fingerprint density at radius 3 is 2.55 bits per heavy atom. The van der Waals surface area contributed by atoms with Crippen molar-refractivity contribution in [2.24, 2.45) is 5.92 Å². The molecule has 1 rings (SSSR count). The van der Waals surface area contributed by atoms with Gasteiger partial charge in [-0.15, -0.1) is 0 Å². The van der Waals surface area contributed by atoms with Crippen molar-refractivity contribution in [1.82, 2.24) is 0 Å². The lowest BCUT2D eigenvalue weighted by atomic mass is 9.87. The van der Waals surface area contributed by atoms with Crippen LogP contribution < -0.4 is 0 Å². The fraction of sp³-hybridized carbons (Fsp3) is 0.700. The van der Waals surface area contributed by atoms with Crippen molar-refractivity contribution in [2.75, 3.05) is 0 Å². The minimum absolute atomic E-state index is 0.861. The fourth-order valence-electron chi connectivity index (χ4n) is 1.75. The summed E-state index contributed by atoms with van der Waals surface area (Å²) in [6.07, 6.45) is 12.5. The molecule has 1 aliphatic rings. The van der Waals surface area contributed by atoms with Crippen molar-refractivity contribution in [2.45, 2.75) is 38.5 Å². The minimum atomic E-state index is 0.861. The van der Waals surface area contributed by atoms with Crippen molar-refractivity contribution in [3.63, 3.8) is 0 Å². The van der Waals surface area contributed by atoms with Gasteiger partial charge < -0.3 is 0 Å². The highest BCUT2D eigenvalue weighted by Crippen LogP contribution is 2.26. The average molecular weight is 152 g/mol. The number of carbonyl (C=O) groups excluding carboxylic acids is 1. The Kier molecular flexibility index (Phi) is 3.95. The molecule has 0 amide bonds. The normalized spacial score (nSPS) is 20.7. The highest BCUT2D eigenvalue weighted by molar-refractivity contribution is 5.64. The monoisotopic (exact) mass is 152 g/mol. The largest absolute Gasteiger partial charge is 0.299 e. The van der Waals surface area contributed by atoms with Gasteiger partial charge in [-0.2, -0.15) is 0 Å². The van der Waals surface area contributed by atoms with Gasteiger partial charge in [-0.05, 0) is 18.4 Å². The molecule has 0 aromatic rings. The van der Waals surface area contributed by atoms with E-state index < -0.39 is 0 Å². The van der Waals surface area contributed by atoms with Crippen LogP contribution in [0.25, 0.3) is 0 Å². The molecule has 1 saturated carbocycles. The zero-order chi connectivity index (χ0) is 7.94. The maximum atomic E-state index is 9.96. The maximum Gasteiger partial charge on any atom is 0.142 e. The van der Waals surface area contributed by atoms with Crippen molar-refractivity contribution >= 4 is 6.29 Å². The predicted octanol–water partition coefficient (Wildman–Crippen LogP) is 2.71. The molecule has 0 radical (unpaired) electrons. The third-order valence-electron chi connectivity index (χ3n) is 2.41. The summed E-state index contributed by atoms with van der Waals surface area (Å²) in [7, 11) is 0. The molecule has 1 fully saturated rings. The van der Waals surface area contributed by atoms with Gasteiger partial charge in [0.1, 0.15) is 6.29 Å². The summed E-state index contributed by atoms with van der Waals surface area (Å²) in [5, 5.41) is 0. The lowest BCUT2D eigenvalue weighted by Crippen LogP contribution is -2.04. The SMILES string of the molecule is O=CC=CCC1CCCCC1. The Balaban J connectivity index is 2.14. The van der Waals surface area contributed by atoms with Crippen LogP contribution in [0.4, 0.5) is 0 Å². The highest BCUT2D eigenvalue weighted by atomic mass is 16.1. The molecule has 0 N–H and O–H groups in total. The van der Waals surface area contributed by atoms with E-state index in [2.05, 4.69) is 0 Å². The fourth-order valence-corrected chi connectivity index (χ4v) is 1.75. The molecular weight excluding hydrogens is 136 g/mol. The zero-order valence-electron chi connectivity index (χ0n) is 6.96. The summed E-state index contributed by atoms with van der Waals surface area (Å²) in [6.45, 7) is 0.